The zero-order valence-electron chi connectivity index (χ0n) is 18.4. The van der Waals surface area contributed by atoms with Crippen LogP contribution in [0.5, 0.6) is 0 Å². The van der Waals surface area contributed by atoms with E-state index in [1.807, 2.05) is 0 Å². The van der Waals surface area contributed by atoms with E-state index in [1.54, 1.807) is 0 Å². The standard InChI is InChI=1S/C27H34N4/c1-4-21-6-7-23-8-9-24(25-11-10-22(5-1)26(21)27(23)25)20-31-18-3-14-29-16-15-28-12-2-13-30-17-19-31/h1,4-11,28-30H,2-3,12-20H2. The summed E-state index contributed by atoms with van der Waals surface area (Å²) >= 11 is 0. The van der Waals surface area contributed by atoms with Gasteiger partial charge in [0, 0.05) is 32.7 Å². The van der Waals surface area contributed by atoms with Crippen molar-refractivity contribution in [1.29, 1.82) is 0 Å². The molecule has 162 valence electrons. The minimum atomic E-state index is 1.01. The number of benzene rings is 4. The molecule has 0 aromatic heterocycles. The summed E-state index contributed by atoms with van der Waals surface area (Å²) in [7, 11) is 0. The molecule has 0 radical (unpaired) electrons. The molecule has 1 heterocycles. The van der Waals surface area contributed by atoms with Crippen LogP contribution < -0.4 is 16.0 Å². The monoisotopic (exact) mass is 414 g/mol. The molecule has 4 aromatic rings. The van der Waals surface area contributed by atoms with Crippen LogP contribution in [0.2, 0.25) is 0 Å². The van der Waals surface area contributed by atoms with Gasteiger partial charge in [0.05, 0.1) is 0 Å². The molecule has 4 aromatic carbocycles. The van der Waals surface area contributed by atoms with Gasteiger partial charge in [-0.05, 0) is 76.9 Å². The van der Waals surface area contributed by atoms with Crippen LogP contribution in [-0.2, 0) is 6.54 Å². The van der Waals surface area contributed by atoms with E-state index in [2.05, 4.69) is 75.4 Å². The highest BCUT2D eigenvalue weighted by Gasteiger charge is 2.13. The van der Waals surface area contributed by atoms with Gasteiger partial charge < -0.3 is 16.0 Å². The van der Waals surface area contributed by atoms with E-state index in [0.29, 0.717) is 0 Å². The molecule has 1 fully saturated rings. The van der Waals surface area contributed by atoms with Gasteiger partial charge in [0.1, 0.15) is 0 Å². The number of nitrogens with zero attached hydrogens (tertiary/aromatic N) is 1. The van der Waals surface area contributed by atoms with Gasteiger partial charge in [-0.15, -0.1) is 0 Å². The van der Waals surface area contributed by atoms with E-state index in [-0.39, 0.29) is 0 Å². The highest BCUT2D eigenvalue weighted by molar-refractivity contribution is 6.23. The molecule has 1 aliphatic heterocycles. The molecule has 5 rings (SSSR count). The Morgan fingerprint density at radius 3 is 2.03 bits per heavy atom. The van der Waals surface area contributed by atoms with E-state index in [9.17, 15) is 0 Å². The van der Waals surface area contributed by atoms with E-state index < -0.39 is 0 Å². The average molecular weight is 415 g/mol. The summed E-state index contributed by atoms with van der Waals surface area (Å²) in [5, 5.41) is 19.0. The molecule has 0 unspecified atom stereocenters. The molecule has 0 bridgehead atoms. The molecule has 0 spiro atoms. The lowest BCUT2D eigenvalue weighted by Gasteiger charge is -2.24. The largest absolute Gasteiger partial charge is 0.315 e. The van der Waals surface area contributed by atoms with Crippen molar-refractivity contribution in [3.05, 3.63) is 60.2 Å². The number of hydrogen-bond acceptors (Lipinski definition) is 4. The van der Waals surface area contributed by atoms with Gasteiger partial charge in [0.25, 0.3) is 0 Å². The van der Waals surface area contributed by atoms with Crippen molar-refractivity contribution in [2.45, 2.75) is 19.4 Å². The summed E-state index contributed by atoms with van der Waals surface area (Å²) in [4.78, 5) is 2.63. The first-order valence-corrected chi connectivity index (χ1v) is 11.9. The Morgan fingerprint density at radius 1 is 0.581 bits per heavy atom. The molecule has 1 saturated heterocycles. The second kappa shape index (κ2) is 9.92. The lowest BCUT2D eigenvalue weighted by molar-refractivity contribution is 0.261. The van der Waals surface area contributed by atoms with Crippen molar-refractivity contribution in [3.8, 4) is 0 Å². The predicted molar refractivity (Wildman–Crippen MR) is 133 cm³/mol. The normalized spacial score (nSPS) is 18.6. The van der Waals surface area contributed by atoms with Gasteiger partial charge in [-0.25, -0.2) is 0 Å². The smallest absolute Gasteiger partial charge is 0.0240 e. The Hall–Kier alpha value is -2.24. The first-order valence-electron chi connectivity index (χ1n) is 11.9. The summed E-state index contributed by atoms with van der Waals surface area (Å²) in [5.74, 6) is 0. The quantitative estimate of drug-likeness (QED) is 0.435. The first-order chi connectivity index (χ1) is 15.4. The Kier molecular flexibility index (Phi) is 6.61. The van der Waals surface area contributed by atoms with Gasteiger partial charge >= 0.3 is 0 Å². The van der Waals surface area contributed by atoms with Gasteiger partial charge in [-0.3, -0.25) is 4.90 Å². The van der Waals surface area contributed by atoms with E-state index >= 15 is 0 Å². The summed E-state index contributed by atoms with van der Waals surface area (Å²) in [6.45, 7) is 9.68. The lowest BCUT2D eigenvalue weighted by Crippen LogP contribution is -2.36. The molecule has 0 aliphatic carbocycles. The van der Waals surface area contributed by atoms with Gasteiger partial charge in [0.15, 0.2) is 0 Å². The van der Waals surface area contributed by atoms with Crippen LogP contribution in [0.1, 0.15) is 18.4 Å². The van der Waals surface area contributed by atoms with Crippen LogP contribution in [0.4, 0.5) is 0 Å². The fraction of sp³-hybridized carbons (Fsp3) is 0.407. The van der Waals surface area contributed by atoms with Crippen molar-refractivity contribution in [3.63, 3.8) is 0 Å². The van der Waals surface area contributed by atoms with Crippen molar-refractivity contribution < 1.29 is 0 Å². The van der Waals surface area contributed by atoms with Crippen molar-refractivity contribution in [2.24, 2.45) is 0 Å². The highest BCUT2D eigenvalue weighted by atomic mass is 15.1. The number of nitrogens with one attached hydrogen (secondary N) is 3. The maximum absolute atomic E-state index is 3.64. The van der Waals surface area contributed by atoms with Crippen LogP contribution in [0.3, 0.4) is 0 Å². The Balaban J connectivity index is 1.40. The Bertz CT molecular complexity index is 1090. The maximum atomic E-state index is 3.64. The van der Waals surface area contributed by atoms with Crippen LogP contribution in [0, 0.1) is 0 Å². The lowest BCUT2D eigenvalue weighted by atomic mass is 9.92. The van der Waals surface area contributed by atoms with Crippen molar-refractivity contribution >= 4 is 32.3 Å². The van der Waals surface area contributed by atoms with Gasteiger partial charge in [-0.2, -0.15) is 0 Å². The second-order valence-electron chi connectivity index (χ2n) is 8.81. The number of hydrogen-bond donors (Lipinski definition) is 3. The Labute approximate surface area is 185 Å². The summed E-state index contributed by atoms with van der Waals surface area (Å²) in [5.41, 5.74) is 1.45. The molecule has 4 heteroatoms. The van der Waals surface area contributed by atoms with Crippen LogP contribution in [0.25, 0.3) is 32.3 Å². The molecule has 0 amide bonds. The average Bonchev–Trinajstić information content (AvgIpc) is 2.81. The minimum absolute atomic E-state index is 1.01. The van der Waals surface area contributed by atoms with Crippen molar-refractivity contribution in [2.75, 3.05) is 52.4 Å². The summed E-state index contributed by atoms with van der Waals surface area (Å²) in [6, 6.07) is 20.5. The molecule has 31 heavy (non-hydrogen) atoms. The maximum Gasteiger partial charge on any atom is 0.0240 e. The highest BCUT2D eigenvalue weighted by Crippen LogP contribution is 2.36. The summed E-state index contributed by atoms with van der Waals surface area (Å²) in [6.07, 6.45) is 2.38. The third kappa shape index (κ3) is 4.68. The van der Waals surface area contributed by atoms with Gasteiger partial charge in [0.2, 0.25) is 0 Å². The molecule has 3 N–H and O–H groups in total. The van der Waals surface area contributed by atoms with Crippen LogP contribution in [0.15, 0.2) is 54.6 Å². The fourth-order valence-corrected chi connectivity index (χ4v) is 5.00. The molecule has 1 aliphatic rings. The molecule has 0 saturated carbocycles. The number of rotatable bonds is 2. The zero-order valence-corrected chi connectivity index (χ0v) is 18.4. The van der Waals surface area contributed by atoms with Crippen LogP contribution in [-0.4, -0.2) is 57.3 Å². The third-order valence-electron chi connectivity index (χ3n) is 6.63. The second-order valence-corrected chi connectivity index (χ2v) is 8.81. The summed E-state index contributed by atoms with van der Waals surface area (Å²) < 4.78 is 0. The van der Waals surface area contributed by atoms with Gasteiger partial charge in [-0.1, -0.05) is 54.6 Å². The third-order valence-corrected chi connectivity index (χ3v) is 6.63. The Morgan fingerprint density at radius 2 is 1.23 bits per heavy atom. The minimum Gasteiger partial charge on any atom is -0.315 e. The molecular weight excluding hydrogens is 380 g/mol. The fourth-order valence-electron chi connectivity index (χ4n) is 5.00. The topological polar surface area (TPSA) is 39.3 Å². The molecule has 4 nitrogen and oxygen atoms in total. The van der Waals surface area contributed by atoms with E-state index in [0.717, 1.165) is 58.9 Å². The van der Waals surface area contributed by atoms with E-state index in [1.165, 1.54) is 50.7 Å². The predicted octanol–water partition coefficient (Wildman–Crippen LogP) is 3.95. The SMILES string of the molecule is c1cc2ccc3ccc(CN4CCCNCCNCCCNCC4)c4ccc(c1)c2c34. The van der Waals surface area contributed by atoms with E-state index in [4.69, 9.17) is 0 Å². The van der Waals surface area contributed by atoms with Crippen LogP contribution >= 0.6 is 0 Å². The molecular formula is C27H34N4. The first kappa shape index (κ1) is 20.7. The zero-order chi connectivity index (χ0) is 20.9. The van der Waals surface area contributed by atoms with Crippen molar-refractivity contribution in [1.82, 2.24) is 20.9 Å². The molecule has 0 atom stereocenters.